The molecule has 0 saturated carbocycles. The number of carbonyl (C=O) groups excluding carboxylic acids is 2. The lowest BCUT2D eigenvalue weighted by Gasteiger charge is -2.20. The topological polar surface area (TPSA) is 95.9 Å². The van der Waals surface area contributed by atoms with Crippen LogP contribution in [0.25, 0.3) is 0 Å². The van der Waals surface area contributed by atoms with Gasteiger partial charge in [-0.25, -0.2) is 0 Å². The third-order valence-corrected chi connectivity index (χ3v) is 15.0. The molecule has 6 heteroatoms. The average Bonchev–Trinajstić information content (AvgIpc) is 3.41. The summed E-state index contributed by atoms with van der Waals surface area (Å²) in [7, 11) is 0. The van der Waals surface area contributed by atoms with Gasteiger partial charge in [0, 0.05) is 12.8 Å². The Labute approximate surface area is 467 Å². The van der Waals surface area contributed by atoms with Gasteiger partial charge in [0.25, 0.3) is 0 Å². The van der Waals surface area contributed by atoms with Crippen LogP contribution in [-0.2, 0) is 14.3 Å². The summed E-state index contributed by atoms with van der Waals surface area (Å²) >= 11 is 0. The summed E-state index contributed by atoms with van der Waals surface area (Å²) in [6.07, 6.45) is 84.2. The van der Waals surface area contributed by atoms with Crippen molar-refractivity contribution >= 4 is 11.9 Å². The third kappa shape index (κ3) is 60.6. The van der Waals surface area contributed by atoms with Crippen LogP contribution in [0.1, 0.15) is 341 Å². The van der Waals surface area contributed by atoms with E-state index in [4.69, 9.17) is 4.74 Å². The maximum atomic E-state index is 12.5. The van der Waals surface area contributed by atoms with E-state index in [0.717, 1.165) is 57.8 Å². The summed E-state index contributed by atoms with van der Waals surface area (Å²) in [5.74, 6) is -0.0796. The molecule has 0 radical (unpaired) electrons. The zero-order valence-electron chi connectivity index (χ0n) is 50.0. The van der Waals surface area contributed by atoms with Crippen molar-refractivity contribution < 1.29 is 24.5 Å². The summed E-state index contributed by atoms with van der Waals surface area (Å²) in [5, 5.41) is 23.2. The molecule has 0 fully saturated rings. The van der Waals surface area contributed by atoms with Gasteiger partial charge in [-0.05, 0) is 89.9 Å². The van der Waals surface area contributed by atoms with E-state index in [9.17, 15) is 19.8 Å². The van der Waals surface area contributed by atoms with Gasteiger partial charge in [-0.15, -0.1) is 0 Å². The quantitative estimate of drug-likeness (QED) is 0.0320. The van der Waals surface area contributed by atoms with E-state index in [2.05, 4.69) is 67.8 Å². The first-order chi connectivity index (χ1) is 37.0. The van der Waals surface area contributed by atoms with Crippen LogP contribution in [-0.4, -0.2) is 47.4 Å². The standard InChI is InChI=1S/C69H127NO5/c1-3-5-7-9-11-13-15-17-18-19-20-28-31-34-38-41-45-49-53-57-61-67(72)66(65-71)70-68(73)62-58-54-50-46-42-39-35-32-29-26-24-22-21-23-25-27-30-33-36-40-44-48-52-56-60-64-75-69(74)63-59-55-51-47-43-37-16-14-12-10-8-6-4-2/h8,10,14,16,22-25,57,61,66-67,71-72H,3-7,9,11-13,15,17-21,26-56,58-60,62-65H2,1-2H3,(H,70,73)/b10-8-,16-14-,24-22-,25-23-,61-57+. The molecule has 0 aromatic heterocycles. The molecule has 3 N–H and O–H groups in total. The molecule has 0 rings (SSSR count). The molecule has 2 atom stereocenters. The van der Waals surface area contributed by atoms with Crippen LogP contribution in [0.5, 0.6) is 0 Å². The second kappa shape index (κ2) is 64.1. The molecule has 0 aliphatic heterocycles. The number of aliphatic hydroxyl groups excluding tert-OH is 2. The number of hydrogen-bond donors (Lipinski definition) is 3. The number of allylic oxidation sites excluding steroid dienone is 9. The Balaban J connectivity index is 3.48. The van der Waals surface area contributed by atoms with E-state index >= 15 is 0 Å². The van der Waals surface area contributed by atoms with Crippen molar-refractivity contribution in [3.8, 4) is 0 Å². The number of amides is 1. The molecule has 0 saturated heterocycles. The third-order valence-electron chi connectivity index (χ3n) is 15.0. The first-order valence-electron chi connectivity index (χ1n) is 33.1. The van der Waals surface area contributed by atoms with Crippen LogP contribution in [0, 0.1) is 0 Å². The highest BCUT2D eigenvalue weighted by molar-refractivity contribution is 5.76. The molecular formula is C69H127NO5. The molecule has 1 amide bonds. The zero-order valence-corrected chi connectivity index (χ0v) is 50.0. The number of esters is 1. The predicted octanol–water partition coefficient (Wildman–Crippen LogP) is 21.1. The van der Waals surface area contributed by atoms with Crippen molar-refractivity contribution in [2.75, 3.05) is 13.2 Å². The van der Waals surface area contributed by atoms with Crippen LogP contribution in [0.15, 0.2) is 60.8 Å². The molecule has 75 heavy (non-hydrogen) atoms. The Kier molecular flexibility index (Phi) is 62.0. The van der Waals surface area contributed by atoms with Crippen LogP contribution < -0.4 is 5.32 Å². The highest BCUT2D eigenvalue weighted by Gasteiger charge is 2.18. The van der Waals surface area contributed by atoms with Crippen LogP contribution in [0.4, 0.5) is 0 Å². The summed E-state index contributed by atoms with van der Waals surface area (Å²) in [6.45, 7) is 4.84. The van der Waals surface area contributed by atoms with E-state index in [-0.39, 0.29) is 18.5 Å². The van der Waals surface area contributed by atoms with Crippen molar-refractivity contribution in [3.05, 3.63) is 60.8 Å². The molecule has 0 heterocycles. The van der Waals surface area contributed by atoms with Crippen molar-refractivity contribution in [1.29, 1.82) is 0 Å². The Morgan fingerprint density at radius 1 is 0.373 bits per heavy atom. The molecule has 0 aliphatic carbocycles. The van der Waals surface area contributed by atoms with E-state index in [1.165, 1.54) is 257 Å². The molecular weight excluding hydrogens is 923 g/mol. The van der Waals surface area contributed by atoms with Gasteiger partial charge in [-0.1, -0.05) is 299 Å². The van der Waals surface area contributed by atoms with Gasteiger partial charge in [0.15, 0.2) is 0 Å². The zero-order chi connectivity index (χ0) is 54.3. The van der Waals surface area contributed by atoms with Gasteiger partial charge in [0.2, 0.25) is 5.91 Å². The fraction of sp³-hybridized carbons (Fsp3) is 0.826. The molecule has 0 aromatic carbocycles. The Morgan fingerprint density at radius 3 is 1.07 bits per heavy atom. The van der Waals surface area contributed by atoms with Gasteiger partial charge in [0.05, 0.1) is 25.4 Å². The Bertz CT molecular complexity index is 1300. The SMILES string of the molecule is CCC/C=C\C/C=C\CCCCCCCC(=O)OCCCCCCCCCCC/C=C\C/C=C\CCCCCCCCCCCC(=O)NC(CO)C(O)/C=C/CCCCCCCCCCCCCCCCCCCC. The van der Waals surface area contributed by atoms with E-state index in [0.29, 0.717) is 19.4 Å². The first kappa shape index (κ1) is 72.6. The summed E-state index contributed by atoms with van der Waals surface area (Å²) in [5.41, 5.74) is 0. The van der Waals surface area contributed by atoms with E-state index in [1.54, 1.807) is 6.08 Å². The number of rotatable bonds is 61. The number of hydrogen-bond acceptors (Lipinski definition) is 5. The molecule has 2 unspecified atom stereocenters. The average molecular weight is 1050 g/mol. The van der Waals surface area contributed by atoms with Crippen LogP contribution in [0.2, 0.25) is 0 Å². The second-order valence-corrected chi connectivity index (χ2v) is 22.4. The fourth-order valence-corrected chi connectivity index (χ4v) is 9.94. The number of aliphatic hydroxyl groups is 2. The molecule has 438 valence electrons. The van der Waals surface area contributed by atoms with Gasteiger partial charge in [-0.3, -0.25) is 9.59 Å². The minimum atomic E-state index is -0.851. The van der Waals surface area contributed by atoms with Gasteiger partial charge < -0.3 is 20.3 Å². The summed E-state index contributed by atoms with van der Waals surface area (Å²) in [6, 6.07) is -0.635. The molecule has 0 spiro atoms. The Morgan fingerprint density at radius 2 is 0.693 bits per heavy atom. The molecule has 0 aromatic rings. The van der Waals surface area contributed by atoms with Crippen molar-refractivity contribution in [3.63, 3.8) is 0 Å². The molecule has 0 aliphatic rings. The minimum Gasteiger partial charge on any atom is -0.466 e. The number of carbonyl (C=O) groups is 2. The lowest BCUT2D eigenvalue weighted by atomic mass is 10.0. The predicted molar refractivity (Wildman–Crippen MR) is 328 cm³/mol. The number of nitrogens with one attached hydrogen (secondary N) is 1. The lowest BCUT2D eigenvalue weighted by Crippen LogP contribution is -2.45. The molecule has 0 bridgehead atoms. The fourth-order valence-electron chi connectivity index (χ4n) is 9.94. The van der Waals surface area contributed by atoms with E-state index in [1.807, 2.05) is 6.08 Å². The van der Waals surface area contributed by atoms with Crippen molar-refractivity contribution in [2.24, 2.45) is 0 Å². The minimum absolute atomic E-state index is 0.00720. The summed E-state index contributed by atoms with van der Waals surface area (Å²) in [4.78, 5) is 24.5. The highest BCUT2D eigenvalue weighted by atomic mass is 16.5. The van der Waals surface area contributed by atoms with Crippen molar-refractivity contribution in [2.45, 2.75) is 353 Å². The number of unbranched alkanes of at least 4 members (excludes halogenated alkanes) is 42. The Hall–Kier alpha value is -2.44. The maximum absolute atomic E-state index is 12.5. The normalized spacial score (nSPS) is 13.0. The highest BCUT2D eigenvalue weighted by Crippen LogP contribution is 2.17. The first-order valence-corrected chi connectivity index (χ1v) is 33.1. The van der Waals surface area contributed by atoms with E-state index < -0.39 is 12.1 Å². The maximum Gasteiger partial charge on any atom is 0.305 e. The van der Waals surface area contributed by atoms with Crippen molar-refractivity contribution in [1.82, 2.24) is 5.32 Å². The van der Waals surface area contributed by atoms with Gasteiger partial charge in [0.1, 0.15) is 0 Å². The van der Waals surface area contributed by atoms with Gasteiger partial charge in [-0.2, -0.15) is 0 Å². The smallest absolute Gasteiger partial charge is 0.305 e. The van der Waals surface area contributed by atoms with Crippen LogP contribution in [0.3, 0.4) is 0 Å². The van der Waals surface area contributed by atoms with Crippen LogP contribution >= 0.6 is 0 Å². The largest absolute Gasteiger partial charge is 0.466 e. The monoisotopic (exact) mass is 1050 g/mol. The lowest BCUT2D eigenvalue weighted by molar-refractivity contribution is -0.143. The summed E-state index contributed by atoms with van der Waals surface area (Å²) < 4.78 is 5.46. The molecule has 6 nitrogen and oxygen atoms in total. The number of ether oxygens (including phenoxy) is 1. The second-order valence-electron chi connectivity index (χ2n) is 22.4. The van der Waals surface area contributed by atoms with Gasteiger partial charge >= 0.3 is 5.97 Å².